The molecule has 0 saturated heterocycles. The smallest absolute Gasteiger partial charge is 0.240 e. The molecule has 6 nitrogen and oxygen atoms in total. The molecule has 0 spiro atoms. The molecule has 0 atom stereocenters. The highest BCUT2D eigenvalue weighted by Gasteiger charge is 2.14. The number of nitrogens with zero attached hydrogens (tertiary/aromatic N) is 2. The Morgan fingerprint density at radius 3 is 2.70 bits per heavy atom. The van der Waals surface area contributed by atoms with Gasteiger partial charge in [-0.3, -0.25) is 4.68 Å². The van der Waals surface area contributed by atoms with Crippen molar-refractivity contribution in [3.8, 4) is 0 Å². The van der Waals surface area contributed by atoms with Gasteiger partial charge >= 0.3 is 0 Å². The fourth-order valence-electron chi connectivity index (χ4n) is 1.86. The molecule has 0 radical (unpaired) electrons. The van der Waals surface area contributed by atoms with Crippen LogP contribution in [0.25, 0.3) is 0 Å². The van der Waals surface area contributed by atoms with Crippen molar-refractivity contribution in [2.75, 3.05) is 12.3 Å². The number of aromatic nitrogens is 2. The summed E-state index contributed by atoms with van der Waals surface area (Å²) < 4.78 is 28.6. The van der Waals surface area contributed by atoms with E-state index in [0.717, 1.165) is 11.3 Å². The van der Waals surface area contributed by atoms with E-state index in [1.54, 1.807) is 29.9 Å². The number of nitrogen functional groups attached to an aromatic ring is 1. The zero-order chi connectivity index (χ0) is 14.8. The van der Waals surface area contributed by atoms with Gasteiger partial charge in [0, 0.05) is 37.6 Å². The van der Waals surface area contributed by atoms with Gasteiger partial charge in [-0.05, 0) is 36.8 Å². The Morgan fingerprint density at radius 2 is 2.10 bits per heavy atom. The molecule has 0 fully saturated rings. The van der Waals surface area contributed by atoms with Crippen LogP contribution in [0.2, 0.25) is 0 Å². The molecular formula is C13H18N4O2S. The van der Waals surface area contributed by atoms with E-state index >= 15 is 0 Å². The molecule has 0 aliphatic rings. The molecule has 7 heteroatoms. The summed E-state index contributed by atoms with van der Waals surface area (Å²) in [6.45, 7) is 2.11. The summed E-state index contributed by atoms with van der Waals surface area (Å²) in [5.74, 6) is 0. The number of aryl methyl sites for hydroxylation is 2. The monoisotopic (exact) mass is 294 g/mol. The number of nitrogens with two attached hydrogens (primary N) is 1. The Morgan fingerprint density at radius 1 is 1.35 bits per heavy atom. The minimum atomic E-state index is -3.50. The van der Waals surface area contributed by atoms with Crippen LogP contribution >= 0.6 is 0 Å². The second kappa shape index (κ2) is 5.64. The minimum Gasteiger partial charge on any atom is -0.399 e. The predicted molar refractivity (Wildman–Crippen MR) is 77.7 cm³/mol. The second-order valence-electron chi connectivity index (χ2n) is 4.61. The average Bonchev–Trinajstić information content (AvgIpc) is 2.78. The maximum atomic E-state index is 12.1. The lowest BCUT2D eigenvalue weighted by atomic mass is 10.2. The van der Waals surface area contributed by atoms with Crippen molar-refractivity contribution in [2.45, 2.75) is 18.2 Å². The van der Waals surface area contributed by atoms with E-state index in [1.807, 2.05) is 13.1 Å². The number of anilines is 1. The van der Waals surface area contributed by atoms with Crippen molar-refractivity contribution in [2.24, 2.45) is 7.05 Å². The molecule has 108 valence electrons. The molecule has 1 heterocycles. The highest BCUT2D eigenvalue weighted by atomic mass is 32.2. The van der Waals surface area contributed by atoms with Gasteiger partial charge in [0.15, 0.2) is 0 Å². The van der Waals surface area contributed by atoms with Crippen LogP contribution in [-0.4, -0.2) is 24.7 Å². The van der Waals surface area contributed by atoms with E-state index in [2.05, 4.69) is 9.82 Å². The third kappa shape index (κ3) is 3.17. The van der Waals surface area contributed by atoms with Crippen LogP contribution in [0.4, 0.5) is 5.69 Å². The van der Waals surface area contributed by atoms with Crippen LogP contribution in [0.1, 0.15) is 11.3 Å². The molecule has 0 saturated carbocycles. The highest BCUT2D eigenvalue weighted by molar-refractivity contribution is 7.89. The van der Waals surface area contributed by atoms with Crippen LogP contribution in [0.3, 0.4) is 0 Å². The van der Waals surface area contributed by atoms with Gasteiger partial charge in [0.05, 0.1) is 4.90 Å². The first-order valence-corrected chi connectivity index (χ1v) is 7.71. The first-order chi connectivity index (χ1) is 9.40. The number of sulfonamides is 1. The van der Waals surface area contributed by atoms with E-state index in [9.17, 15) is 8.42 Å². The summed E-state index contributed by atoms with van der Waals surface area (Å²) in [6.07, 6.45) is 2.27. The standard InChI is InChI=1S/C13H18N4O2S/c1-10-9-12(3-4-13(10)14)20(18,19)16-8-6-11-5-7-15-17(11)2/h3-5,7,9,16H,6,8,14H2,1-2H3. The molecule has 0 bridgehead atoms. The molecule has 20 heavy (non-hydrogen) atoms. The SMILES string of the molecule is Cc1cc(S(=O)(=O)NCCc2ccnn2C)ccc1N. The Labute approximate surface area is 118 Å². The molecule has 1 aromatic heterocycles. The zero-order valence-corrected chi connectivity index (χ0v) is 12.3. The summed E-state index contributed by atoms with van der Waals surface area (Å²) in [4.78, 5) is 0.231. The number of hydrogen-bond acceptors (Lipinski definition) is 4. The van der Waals surface area contributed by atoms with Gasteiger partial charge in [-0.25, -0.2) is 13.1 Å². The summed E-state index contributed by atoms with van der Waals surface area (Å²) in [5, 5.41) is 4.04. The summed E-state index contributed by atoms with van der Waals surface area (Å²) >= 11 is 0. The van der Waals surface area contributed by atoms with Crippen LogP contribution < -0.4 is 10.5 Å². The number of rotatable bonds is 5. The molecule has 2 aromatic rings. The van der Waals surface area contributed by atoms with Crippen molar-refractivity contribution in [1.82, 2.24) is 14.5 Å². The molecule has 0 amide bonds. The van der Waals surface area contributed by atoms with Gasteiger partial charge in [0.1, 0.15) is 0 Å². The first-order valence-electron chi connectivity index (χ1n) is 6.23. The van der Waals surface area contributed by atoms with Crippen molar-refractivity contribution in [1.29, 1.82) is 0 Å². The topological polar surface area (TPSA) is 90.0 Å². The van der Waals surface area contributed by atoms with Gasteiger partial charge in [-0.1, -0.05) is 0 Å². The molecule has 0 unspecified atom stereocenters. The van der Waals surface area contributed by atoms with E-state index in [0.29, 0.717) is 18.7 Å². The Bertz CT molecular complexity index is 707. The normalized spacial score (nSPS) is 11.7. The summed E-state index contributed by atoms with van der Waals surface area (Å²) in [6, 6.07) is 6.54. The molecule has 0 aliphatic carbocycles. The molecule has 1 aromatic carbocycles. The third-order valence-corrected chi connectivity index (χ3v) is 4.61. The second-order valence-corrected chi connectivity index (χ2v) is 6.38. The van der Waals surface area contributed by atoms with E-state index in [1.165, 1.54) is 6.07 Å². The fourth-order valence-corrected chi connectivity index (χ4v) is 2.98. The van der Waals surface area contributed by atoms with Gasteiger partial charge < -0.3 is 5.73 Å². The van der Waals surface area contributed by atoms with Crippen molar-refractivity contribution in [3.63, 3.8) is 0 Å². The van der Waals surface area contributed by atoms with Crippen molar-refractivity contribution < 1.29 is 8.42 Å². The van der Waals surface area contributed by atoms with E-state index in [4.69, 9.17) is 5.73 Å². The van der Waals surface area contributed by atoms with Crippen LogP contribution in [-0.2, 0) is 23.5 Å². The maximum Gasteiger partial charge on any atom is 0.240 e. The van der Waals surface area contributed by atoms with Crippen molar-refractivity contribution >= 4 is 15.7 Å². The number of benzene rings is 1. The molecule has 2 rings (SSSR count). The van der Waals surface area contributed by atoms with E-state index < -0.39 is 10.0 Å². The lowest BCUT2D eigenvalue weighted by Crippen LogP contribution is -2.26. The van der Waals surface area contributed by atoms with Gasteiger partial charge in [-0.2, -0.15) is 5.10 Å². The zero-order valence-electron chi connectivity index (χ0n) is 11.5. The maximum absolute atomic E-state index is 12.1. The predicted octanol–water partition coefficient (Wildman–Crippen LogP) is 0.832. The number of nitrogens with one attached hydrogen (secondary N) is 1. The number of hydrogen-bond donors (Lipinski definition) is 2. The van der Waals surface area contributed by atoms with E-state index in [-0.39, 0.29) is 4.90 Å². The van der Waals surface area contributed by atoms with Crippen LogP contribution in [0.15, 0.2) is 35.4 Å². The van der Waals surface area contributed by atoms with Crippen molar-refractivity contribution in [3.05, 3.63) is 41.7 Å². The van der Waals surface area contributed by atoms with Crippen LogP contribution in [0, 0.1) is 6.92 Å². The quantitative estimate of drug-likeness (QED) is 0.799. The summed E-state index contributed by atoms with van der Waals surface area (Å²) in [5.41, 5.74) is 7.99. The molecule has 0 aliphatic heterocycles. The average molecular weight is 294 g/mol. The minimum absolute atomic E-state index is 0.231. The Balaban J connectivity index is 2.04. The van der Waals surface area contributed by atoms with Crippen LogP contribution in [0.5, 0.6) is 0 Å². The largest absolute Gasteiger partial charge is 0.399 e. The fraction of sp³-hybridized carbons (Fsp3) is 0.308. The molecular weight excluding hydrogens is 276 g/mol. The van der Waals surface area contributed by atoms with Gasteiger partial charge in [0.25, 0.3) is 0 Å². The first kappa shape index (κ1) is 14.5. The lowest BCUT2D eigenvalue weighted by Gasteiger charge is -2.08. The summed E-state index contributed by atoms with van der Waals surface area (Å²) in [7, 11) is -1.67. The Hall–Kier alpha value is -1.86. The van der Waals surface area contributed by atoms with Gasteiger partial charge in [-0.15, -0.1) is 0 Å². The Kier molecular flexibility index (Phi) is 4.10. The lowest BCUT2D eigenvalue weighted by molar-refractivity contribution is 0.579. The molecule has 3 N–H and O–H groups in total. The highest BCUT2D eigenvalue weighted by Crippen LogP contribution is 2.16. The van der Waals surface area contributed by atoms with Gasteiger partial charge in [0.2, 0.25) is 10.0 Å². The third-order valence-electron chi connectivity index (χ3n) is 3.15.